The van der Waals surface area contributed by atoms with Crippen molar-refractivity contribution in [3.8, 4) is 11.5 Å². The normalized spacial score (nSPS) is 26.0. The number of methoxy groups -OCH3 is 2. The largest absolute Gasteiger partial charge is 0.497 e. The van der Waals surface area contributed by atoms with E-state index in [9.17, 15) is 15.3 Å². The first-order chi connectivity index (χ1) is 14.9. The van der Waals surface area contributed by atoms with Crippen molar-refractivity contribution in [2.45, 2.75) is 43.9 Å². The maximum absolute atomic E-state index is 10.8. The van der Waals surface area contributed by atoms with Gasteiger partial charge in [0, 0.05) is 17.2 Å². The Bertz CT molecular complexity index is 856. The first-order valence-corrected chi connectivity index (χ1v) is 10.5. The van der Waals surface area contributed by atoms with Crippen molar-refractivity contribution in [2.75, 3.05) is 27.4 Å². The quantitative estimate of drug-likeness (QED) is 0.566. The van der Waals surface area contributed by atoms with Crippen molar-refractivity contribution < 1.29 is 34.3 Å². The van der Waals surface area contributed by atoms with Crippen LogP contribution in [0.25, 0.3) is 0 Å². The molecule has 2 aromatic carbocycles. The van der Waals surface area contributed by atoms with E-state index in [-0.39, 0.29) is 6.61 Å². The van der Waals surface area contributed by atoms with Gasteiger partial charge in [0.2, 0.25) is 0 Å². The van der Waals surface area contributed by atoms with Gasteiger partial charge < -0.3 is 34.3 Å². The average Bonchev–Trinajstić information content (AvgIpc) is 2.79. The van der Waals surface area contributed by atoms with Gasteiger partial charge in [-0.1, -0.05) is 23.7 Å². The lowest BCUT2D eigenvalue weighted by atomic mass is 9.89. The Balaban J connectivity index is 1.94. The Labute approximate surface area is 187 Å². The van der Waals surface area contributed by atoms with Crippen molar-refractivity contribution in [3.05, 3.63) is 58.1 Å². The van der Waals surface area contributed by atoms with Gasteiger partial charge in [-0.25, -0.2) is 0 Å². The molecule has 0 aliphatic carbocycles. The summed E-state index contributed by atoms with van der Waals surface area (Å²) in [5, 5.41) is 31.7. The average molecular weight is 453 g/mol. The fourth-order valence-electron chi connectivity index (χ4n) is 3.86. The van der Waals surface area contributed by atoms with E-state index < -0.39 is 30.5 Å². The van der Waals surface area contributed by atoms with Crippen molar-refractivity contribution in [1.29, 1.82) is 0 Å². The van der Waals surface area contributed by atoms with Gasteiger partial charge in [0.05, 0.1) is 20.8 Å². The Hall–Kier alpha value is -1.87. The van der Waals surface area contributed by atoms with Crippen molar-refractivity contribution in [3.63, 3.8) is 0 Å². The summed E-state index contributed by atoms with van der Waals surface area (Å²) in [4.78, 5) is 0. The Morgan fingerprint density at radius 2 is 1.74 bits per heavy atom. The molecule has 2 aromatic rings. The molecule has 5 atom stereocenters. The summed E-state index contributed by atoms with van der Waals surface area (Å²) in [6.07, 6.45) is -4.53. The molecule has 8 heteroatoms. The van der Waals surface area contributed by atoms with Gasteiger partial charge >= 0.3 is 0 Å². The first-order valence-electron chi connectivity index (χ1n) is 10.2. The molecule has 1 aliphatic rings. The lowest BCUT2D eigenvalue weighted by molar-refractivity contribution is -0.243. The fourth-order valence-corrected chi connectivity index (χ4v) is 4.08. The molecule has 0 radical (unpaired) electrons. The van der Waals surface area contributed by atoms with Crippen LogP contribution in [0.3, 0.4) is 0 Å². The number of hydrogen-bond acceptors (Lipinski definition) is 7. The van der Waals surface area contributed by atoms with E-state index in [1.807, 2.05) is 24.3 Å². The second kappa shape index (κ2) is 10.6. The highest BCUT2D eigenvalue weighted by Gasteiger charge is 2.46. The van der Waals surface area contributed by atoms with Gasteiger partial charge in [0.1, 0.15) is 42.0 Å². The number of halogens is 1. The van der Waals surface area contributed by atoms with Crippen LogP contribution >= 0.6 is 11.6 Å². The van der Waals surface area contributed by atoms with Crippen LogP contribution < -0.4 is 9.47 Å². The minimum atomic E-state index is -1.27. The lowest BCUT2D eigenvalue weighted by Crippen LogP contribution is -2.56. The van der Waals surface area contributed by atoms with Gasteiger partial charge in [-0.3, -0.25) is 0 Å². The molecular formula is C23H29ClO7. The number of aliphatic hydroxyl groups is 3. The Morgan fingerprint density at radius 1 is 1.03 bits per heavy atom. The molecule has 1 unspecified atom stereocenters. The third-order valence-electron chi connectivity index (χ3n) is 5.48. The van der Waals surface area contributed by atoms with Crippen molar-refractivity contribution >= 4 is 11.6 Å². The summed E-state index contributed by atoms with van der Waals surface area (Å²) in [6.45, 7) is 1.72. The molecule has 3 N–H and O–H groups in total. The molecule has 1 heterocycles. The van der Waals surface area contributed by atoms with E-state index in [0.29, 0.717) is 29.4 Å². The maximum Gasteiger partial charge on any atom is 0.126 e. The third kappa shape index (κ3) is 5.14. The molecule has 0 bridgehead atoms. The molecule has 0 saturated carbocycles. The number of aliphatic hydroxyl groups excluding tert-OH is 3. The molecule has 170 valence electrons. The molecular weight excluding hydrogens is 424 g/mol. The van der Waals surface area contributed by atoms with Gasteiger partial charge in [-0.2, -0.15) is 0 Å². The van der Waals surface area contributed by atoms with Gasteiger partial charge in [0.25, 0.3) is 0 Å². The van der Waals surface area contributed by atoms with Crippen LogP contribution in [0.15, 0.2) is 36.4 Å². The summed E-state index contributed by atoms with van der Waals surface area (Å²) < 4.78 is 22.1. The summed E-state index contributed by atoms with van der Waals surface area (Å²) >= 11 is 6.50. The molecule has 31 heavy (non-hydrogen) atoms. The summed E-state index contributed by atoms with van der Waals surface area (Å²) in [7, 11) is 3.11. The van der Waals surface area contributed by atoms with E-state index >= 15 is 0 Å². The van der Waals surface area contributed by atoms with Crippen LogP contribution in [-0.2, 0) is 15.9 Å². The standard InChI is InChI=1S/C23H29ClO7/c1-4-30-23-19(12-25)31-22(20(26)21(23)27)16-10-14(17(24)11-18(16)29-3)9-13-5-7-15(28-2)8-6-13/h5-8,10-11,19-23,25-27H,4,9,12H2,1-3H3/t19-,20-,21?,22+,23-/m1/s1. The zero-order chi connectivity index (χ0) is 22.5. The summed E-state index contributed by atoms with van der Waals surface area (Å²) in [6, 6.07) is 11.1. The smallest absolute Gasteiger partial charge is 0.126 e. The van der Waals surface area contributed by atoms with Gasteiger partial charge in [-0.05, 0) is 48.7 Å². The minimum absolute atomic E-state index is 0.315. The second-order valence-electron chi connectivity index (χ2n) is 7.39. The minimum Gasteiger partial charge on any atom is -0.497 e. The lowest BCUT2D eigenvalue weighted by Gasteiger charge is -2.42. The molecule has 0 amide bonds. The van der Waals surface area contributed by atoms with Crippen LogP contribution in [0.4, 0.5) is 0 Å². The maximum atomic E-state index is 10.8. The second-order valence-corrected chi connectivity index (χ2v) is 7.80. The fraction of sp³-hybridized carbons (Fsp3) is 0.478. The molecule has 1 aliphatic heterocycles. The molecule has 0 aromatic heterocycles. The molecule has 7 nitrogen and oxygen atoms in total. The van der Waals surface area contributed by atoms with Crippen LogP contribution in [0.2, 0.25) is 5.02 Å². The number of ether oxygens (including phenoxy) is 4. The molecule has 1 saturated heterocycles. The topological polar surface area (TPSA) is 97.6 Å². The van der Waals surface area contributed by atoms with E-state index in [1.54, 1.807) is 26.2 Å². The highest BCUT2D eigenvalue weighted by Crippen LogP contribution is 2.40. The zero-order valence-corrected chi connectivity index (χ0v) is 18.6. The Kier molecular flexibility index (Phi) is 8.16. The number of rotatable bonds is 8. The first kappa shape index (κ1) is 23.8. The van der Waals surface area contributed by atoms with Crippen LogP contribution in [0, 0.1) is 0 Å². The monoisotopic (exact) mass is 452 g/mol. The summed E-state index contributed by atoms with van der Waals surface area (Å²) in [5.74, 6) is 1.18. The van der Waals surface area contributed by atoms with E-state index in [4.69, 9.17) is 30.5 Å². The highest BCUT2D eigenvalue weighted by molar-refractivity contribution is 6.31. The Morgan fingerprint density at radius 3 is 2.32 bits per heavy atom. The highest BCUT2D eigenvalue weighted by atomic mass is 35.5. The predicted molar refractivity (Wildman–Crippen MR) is 116 cm³/mol. The van der Waals surface area contributed by atoms with Crippen molar-refractivity contribution in [1.82, 2.24) is 0 Å². The van der Waals surface area contributed by atoms with Crippen LogP contribution in [0.1, 0.15) is 29.7 Å². The predicted octanol–water partition coefficient (Wildman–Crippen LogP) is 2.51. The number of hydrogen-bond donors (Lipinski definition) is 3. The molecule has 0 spiro atoms. The third-order valence-corrected chi connectivity index (χ3v) is 5.83. The number of benzene rings is 2. The van der Waals surface area contributed by atoms with E-state index in [0.717, 1.165) is 16.9 Å². The van der Waals surface area contributed by atoms with E-state index in [2.05, 4.69) is 0 Å². The SMILES string of the molecule is CCO[C@H]1C(O)[C@@H](O)[C@H](c2cc(Cc3ccc(OC)cc3)c(Cl)cc2OC)O[C@@H]1CO. The zero-order valence-electron chi connectivity index (χ0n) is 17.8. The van der Waals surface area contributed by atoms with Crippen LogP contribution in [-0.4, -0.2) is 67.2 Å². The van der Waals surface area contributed by atoms with E-state index in [1.165, 1.54) is 7.11 Å². The van der Waals surface area contributed by atoms with Gasteiger partial charge in [0.15, 0.2) is 0 Å². The summed E-state index contributed by atoms with van der Waals surface area (Å²) in [5.41, 5.74) is 2.37. The molecule has 3 rings (SSSR count). The van der Waals surface area contributed by atoms with Crippen molar-refractivity contribution in [2.24, 2.45) is 0 Å². The van der Waals surface area contributed by atoms with Crippen LogP contribution in [0.5, 0.6) is 11.5 Å². The van der Waals surface area contributed by atoms with Gasteiger partial charge in [-0.15, -0.1) is 0 Å². The molecule has 1 fully saturated rings.